The molecule has 0 aliphatic heterocycles. The third-order valence-electron chi connectivity index (χ3n) is 7.94. The lowest BCUT2D eigenvalue weighted by Gasteiger charge is -2.13. The highest BCUT2D eigenvalue weighted by Gasteiger charge is 2.16. The fraction of sp³-hybridized carbons (Fsp3) is 0. The molecule has 0 aliphatic rings. The Morgan fingerprint density at radius 2 is 1.24 bits per heavy atom. The minimum Gasteiger partial charge on any atom is -0.456 e. The molecule has 8 aromatic rings. The van der Waals surface area contributed by atoms with Gasteiger partial charge in [-0.15, -0.1) is 11.3 Å². The quantitative estimate of drug-likeness (QED) is 0.219. The zero-order valence-electron chi connectivity index (χ0n) is 22.3. The minimum absolute atomic E-state index is 0.469. The maximum absolute atomic E-state index is 10.0. The molecule has 2 aromatic heterocycles. The van der Waals surface area contributed by atoms with Crippen molar-refractivity contribution in [3.63, 3.8) is 0 Å². The molecule has 3 nitrogen and oxygen atoms in total. The van der Waals surface area contributed by atoms with Gasteiger partial charge in [0.25, 0.3) is 0 Å². The highest BCUT2D eigenvalue weighted by atomic mass is 32.1. The molecule has 2 heterocycles. The van der Waals surface area contributed by atoms with Crippen LogP contribution in [0.4, 0.5) is 0 Å². The first kappa shape index (κ1) is 24.1. The first-order valence-corrected chi connectivity index (χ1v) is 14.4. The molecule has 6 aromatic carbocycles. The normalized spacial score (nSPS) is 11.3. The molecule has 0 aliphatic carbocycles. The summed E-state index contributed by atoms with van der Waals surface area (Å²) >= 11 is 1.80. The summed E-state index contributed by atoms with van der Waals surface area (Å²) in [5.74, 6) is 0. The van der Waals surface area contributed by atoms with E-state index in [0.29, 0.717) is 11.1 Å². The summed E-state index contributed by atoms with van der Waals surface area (Å²) in [6.07, 6.45) is 0. The van der Waals surface area contributed by atoms with Gasteiger partial charge in [-0.25, -0.2) is 0 Å². The maximum atomic E-state index is 10.0. The molecule has 0 atom stereocenters. The van der Waals surface area contributed by atoms with E-state index >= 15 is 0 Å². The van der Waals surface area contributed by atoms with Crippen LogP contribution in [0.3, 0.4) is 0 Å². The molecule has 8 rings (SSSR count). The van der Waals surface area contributed by atoms with Gasteiger partial charge in [-0.1, -0.05) is 66.7 Å². The van der Waals surface area contributed by atoms with Gasteiger partial charge >= 0.3 is 0 Å². The SMILES string of the molecule is N#Cc1ccc(-c2cc(-c3ccc4c(c3)sc3ccccc34)cc(-c3cccc4oc5ccccc5c34)c2)c(C#N)c1. The number of hydrogen-bond acceptors (Lipinski definition) is 4. The Hall–Kier alpha value is -5.68. The van der Waals surface area contributed by atoms with Gasteiger partial charge in [0.15, 0.2) is 0 Å². The summed E-state index contributed by atoms with van der Waals surface area (Å²) in [5.41, 5.74) is 8.61. The lowest BCUT2D eigenvalue weighted by atomic mass is 9.90. The first-order valence-electron chi connectivity index (χ1n) is 13.6. The fourth-order valence-electron chi connectivity index (χ4n) is 5.98. The number of benzene rings is 6. The largest absolute Gasteiger partial charge is 0.456 e. The number of nitriles is 2. The number of fused-ring (bicyclic) bond motifs is 6. The van der Waals surface area contributed by atoms with E-state index in [9.17, 15) is 10.5 Å². The Morgan fingerprint density at radius 1 is 0.500 bits per heavy atom. The van der Waals surface area contributed by atoms with Crippen LogP contribution in [0.15, 0.2) is 126 Å². The van der Waals surface area contributed by atoms with Crippen molar-refractivity contribution in [1.29, 1.82) is 10.5 Å². The van der Waals surface area contributed by atoms with E-state index in [1.807, 2.05) is 36.4 Å². The van der Waals surface area contributed by atoms with Gasteiger partial charge in [0.2, 0.25) is 0 Å². The smallest absolute Gasteiger partial charge is 0.136 e. The zero-order valence-corrected chi connectivity index (χ0v) is 23.1. The van der Waals surface area contributed by atoms with E-state index < -0.39 is 0 Å². The summed E-state index contributed by atoms with van der Waals surface area (Å²) in [6.45, 7) is 0. The summed E-state index contributed by atoms with van der Waals surface area (Å²) in [4.78, 5) is 0. The third kappa shape index (κ3) is 3.79. The van der Waals surface area contributed by atoms with Crippen LogP contribution in [0.1, 0.15) is 11.1 Å². The van der Waals surface area contributed by atoms with Crippen LogP contribution in [0, 0.1) is 22.7 Å². The van der Waals surface area contributed by atoms with Gasteiger partial charge in [0.05, 0.1) is 23.3 Å². The number of thiophene rings is 1. The molecule has 0 fully saturated rings. The molecular formula is C38H20N2OS. The average molecular weight is 553 g/mol. The molecule has 0 spiro atoms. The van der Waals surface area contributed by atoms with Gasteiger partial charge in [0.1, 0.15) is 11.2 Å². The van der Waals surface area contributed by atoms with E-state index in [0.717, 1.165) is 55.3 Å². The molecule has 0 unspecified atom stereocenters. The average Bonchev–Trinajstić information content (AvgIpc) is 3.62. The Balaban J connectivity index is 1.41. The van der Waals surface area contributed by atoms with E-state index in [-0.39, 0.29) is 0 Å². The van der Waals surface area contributed by atoms with Gasteiger partial charge in [0, 0.05) is 30.9 Å². The number of hydrogen-bond donors (Lipinski definition) is 0. The Labute approximate surface area is 245 Å². The van der Waals surface area contributed by atoms with Crippen molar-refractivity contribution in [3.8, 4) is 45.5 Å². The van der Waals surface area contributed by atoms with Crippen LogP contribution >= 0.6 is 11.3 Å². The highest BCUT2D eigenvalue weighted by molar-refractivity contribution is 7.25. The molecule has 0 amide bonds. The van der Waals surface area contributed by atoms with Gasteiger partial charge in [-0.2, -0.15) is 10.5 Å². The van der Waals surface area contributed by atoms with Crippen molar-refractivity contribution >= 4 is 53.4 Å². The van der Waals surface area contributed by atoms with Crippen LogP contribution in [0.5, 0.6) is 0 Å². The van der Waals surface area contributed by atoms with Gasteiger partial charge in [-0.3, -0.25) is 0 Å². The molecular weight excluding hydrogens is 532 g/mol. The summed E-state index contributed by atoms with van der Waals surface area (Å²) in [5, 5.41) is 24.1. The first-order chi connectivity index (χ1) is 20.7. The number of furan rings is 1. The second-order valence-corrected chi connectivity index (χ2v) is 11.5. The summed E-state index contributed by atoms with van der Waals surface area (Å²) < 4.78 is 8.72. The molecule has 0 N–H and O–H groups in total. The van der Waals surface area contributed by atoms with Crippen molar-refractivity contribution < 1.29 is 4.42 Å². The van der Waals surface area contributed by atoms with Crippen LogP contribution in [0.2, 0.25) is 0 Å². The van der Waals surface area contributed by atoms with Crippen molar-refractivity contribution in [2.24, 2.45) is 0 Å². The molecule has 0 saturated heterocycles. The molecule has 194 valence electrons. The molecule has 4 heteroatoms. The van der Waals surface area contributed by atoms with Gasteiger partial charge in [-0.05, 0) is 88.0 Å². The monoisotopic (exact) mass is 552 g/mol. The molecule has 0 radical (unpaired) electrons. The number of nitrogens with zero attached hydrogens (tertiary/aromatic N) is 2. The maximum Gasteiger partial charge on any atom is 0.136 e. The van der Waals surface area contributed by atoms with E-state index in [2.05, 4.69) is 84.9 Å². The number of para-hydroxylation sites is 1. The summed E-state index contributed by atoms with van der Waals surface area (Å²) in [7, 11) is 0. The van der Waals surface area contributed by atoms with Crippen molar-refractivity contribution in [1.82, 2.24) is 0 Å². The minimum atomic E-state index is 0.469. The second-order valence-electron chi connectivity index (χ2n) is 10.4. The summed E-state index contributed by atoms with van der Waals surface area (Å²) in [6, 6.07) is 45.7. The van der Waals surface area contributed by atoms with E-state index in [1.165, 1.54) is 20.2 Å². The van der Waals surface area contributed by atoms with Crippen LogP contribution in [-0.2, 0) is 0 Å². The lowest BCUT2D eigenvalue weighted by Crippen LogP contribution is -1.90. The zero-order chi connectivity index (χ0) is 28.2. The predicted molar refractivity (Wildman–Crippen MR) is 172 cm³/mol. The standard InChI is InChI=1S/C38H20N2OS/c39-21-23-12-14-29(28(16-23)22-40)26-17-25(24-13-15-32-31-6-2-4-11-36(31)42-37(32)20-24)18-27(19-26)30-8-5-10-35-38(30)33-7-1-3-9-34(33)41-35/h1-20H. The third-order valence-corrected chi connectivity index (χ3v) is 9.07. The van der Waals surface area contributed by atoms with Crippen LogP contribution in [0.25, 0.3) is 75.5 Å². The highest BCUT2D eigenvalue weighted by Crippen LogP contribution is 2.42. The van der Waals surface area contributed by atoms with Crippen molar-refractivity contribution in [3.05, 3.63) is 132 Å². The predicted octanol–water partition coefficient (Wildman–Crippen LogP) is 10.7. The Kier molecular flexibility index (Phi) is 5.44. The second kappa shape index (κ2) is 9.46. The molecule has 0 bridgehead atoms. The molecule has 0 saturated carbocycles. The lowest BCUT2D eigenvalue weighted by molar-refractivity contribution is 0.669. The van der Waals surface area contributed by atoms with Gasteiger partial charge < -0.3 is 4.42 Å². The Morgan fingerprint density at radius 3 is 2.10 bits per heavy atom. The van der Waals surface area contributed by atoms with Crippen molar-refractivity contribution in [2.45, 2.75) is 0 Å². The molecule has 42 heavy (non-hydrogen) atoms. The van der Waals surface area contributed by atoms with Crippen LogP contribution < -0.4 is 0 Å². The fourth-order valence-corrected chi connectivity index (χ4v) is 7.13. The van der Waals surface area contributed by atoms with E-state index in [1.54, 1.807) is 23.5 Å². The number of rotatable bonds is 3. The van der Waals surface area contributed by atoms with Crippen molar-refractivity contribution in [2.75, 3.05) is 0 Å². The Bertz CT molecular complexity index is 2450. The van der Waals surface area contributed by atoms with E-state index in [4.69, 9.17) is 4.42 Å². The topological polar surface area (TPSA) is 60.7 Å². The van der Waals surface area contributed by atoms with Crippen LogP contribution in [-0.4, -0.2) is 0 Å².